The zero-order valence-corrected chi connectivity index (χ0v) is 15.8. The monoisotopic (exact) mass is 417 g/mol. The number of aromatic nitrogens is 1. The lowest BCUT2D eigenvalue weighted by atomic mass is 10.1. The Hall–Kier alpha value is -3.88. The van der Waals surface area contributed by atoms with Gasteiger partial charge in [-0.15, -0.1) is 0 Å². The summed E-state index contributed by atoms with van der Waals surface area (Å²) in [4.78, 5) is 21.5. The summed E-state index contributed by atoms with van der Waals surface area (Å²) in [5.74, 6) is -1.80. The Labute approximate surface area is 170 Å². The molecule has 0 fully saturated rings. The van der Waals surface area contributed by atoms with Gasteiger partial charge in [0.2, 0.25) is 0 Å². The molecule has 0 atom stereocenters. The Morgan fingerprint density at radius 3 is 2.30 bits per heavy atom. The van der Waals surface area contributed by atoms with Crippen molar-refractivity contribution in [1.29, 1.82) is 0 Å². The van der Waals surface area contributed by atoms with Gasteiger partial charge < -0.3 is 21.0 Å². The fraction of sp³-hybridized carbons (Fsp3) is 0.0952. The topological polar surface area (TPSA) is 99.1 Å². The Morgan fingerprint density at radius 2 is 1.73 bits per heavy atom. The third-order valence-corrected chi connectivity index (χ3v) is 3.84. The fourth-order valence-electron chi connectivity index (χ4n) is 2.43. The van der Waals surface area contributed by atoms with Gasteiger partial charge in [-0.05, 0) is 30.3 Å². The highest BCUT2D eigenvalue weighted by atomic mass is 19.4. The number of nitrogens with zero attached hydrogens (tertiary/aromatic N) is 1. The van der Waals surface area contributed by atoms with Crippen molar-refractivity contribution in [3.63, 3.8) is 0 Å². The second-order valence-electron chi connectivity index (χ2n) is 6.16. The number of carboxylic acid groups (broad SMARTS) is 1. The SMILES string of the molecule is C[n+]1cccc(C(N)=O)c1.O=C([O-])c1ccccc1Nc1cccc(C(F)(F)F)c1. The summed E-state index contributed by atoms with van der Waals surface area (Å²) in [6.45, 7) is 0. The van der Waals surface area contributed by atoms with E-state index in [4.69, 9.17) is 5.73 Å². The lowest BCUT2D eigenvalue weighted by Gasteiger charge is -2.14. The summed E-state index contributed by atoms with van der Waals surface area (Å²) in [5, 5.41) is 13.6. The first kappa shape index (κ1) is 22.4. The van der Waals surface area contributed by atoms with Gasteiger partial charge in [0.25, 0.3) is 5.91 Å². The maximum atomic E-state index is 12.6. The number of aryl methyl sites for hydroxylation is 1. The molecular weight excluding hydrogens is 399 g/mol. The van der Waals surface area contributed by atoms with Crippen LogP contribution in [0, 0.1) is 0 Å². The van der Waals surface area contributed by atoms with E-state index in [1.165, 1.54) is 30.3 Å². The van der Waals surface area contributed by atoms with E-state index in [1.54, 1.807) is 29.0 Å². The van der Waals surface area contributed by atoms with E-state index in [0.29, 0.717) is 5.56 Å². The molecule has 1 amide bonds. The van der Waals surface area contributed by atoms with Crippen LogP contribution in [0.15, 0.2) is 73.1 Å². The van der Waals surface area contributed by atoms with Crippen LogP contribution in [-0.4, -0.2) is 11.9 Å². The van der Waals surface area contributed by atoms with Gasteiger partial charge in [0.05, 0.1) is 11.5 Å². The summed E-state index contributed by atoms with van der Waals surface area (Å²) < 4.78 is 39.5. The number of halogens is 3. The lowest BCUT2D eigenvalue weighted by Crippen LogP contribution is -2.28. The normalized spacial score (nSPS) is 10.5. The molecule has 0 aliphatic rings. The van der Waals surface area contributed by atoms with Crippen LogP contribution in [0.5, 0.6) is 0 Å². The minimum absolute atomic E-state index is 0.120. The first-order chi connectivity index (χ1) is 14.1. The Kier molecular flexibility index (Phi) is 7.13. The second kappa shape index (κ2) is 9.55. The molecule has 0 aliphatic heterocycles. The molecule has 0 saturated carbocycles. The largest absolute Gasteiger partial charge is 0.545 e. The summed E-state index contributed by atoms with van der Waals surface area (Å²) >= 11 is 0. The predicted octanol–water partition coefficient (Wildman–Crippen LogP) is 2.42. The Morgan fingerprint density at radius 1 is 1.03 bits per heavy atom. The van der Waals surface area contributed by atoms with Gasteiger partial charge in [-0.1, -0.05) is 24.3 Å². The van der Waals surface area contributed by atoms with E-state index < -0.39 is 23.6 Å². The highest BCUT2D eigenvalue weighted by Crippen LogP contribution is 2.31. The smallest absolute Gasteiger partial charge is 0.416 e. The number of benzene rings is 2. The maximum Gasteiger partial charge on any atom is 0.416 e. The number of amides is 1. The van der Waals surface area contributed by atoms with Gasteiger partial charge in [-0.2, -0.15) is 13.2 Å². The van der Waals surface area contributed by atoms with Crippen LogP contribution in [0.3, 0.4) is 0 Å². The molecule has 2 aromatic carbocycles. The average molecular weight is 417 g/mol. The number of hydrogen-bond donors (Lipinski definition) is 2. The number of carbonyl (C=O) groups excluding carboxylic acids is 2. The molecule has 0 spiro atoms. The first-order valence-corrected chi connectivity index (χ1v) is 8.57. The second-order valence-corrected chi connectivity index (χ2v) is 6.16. The number of nitrogens with one attached hydrogen (secondary N) is 1. The summed E-state index contributed by atoms with van der Waals surface area (Å²) in [5.41, 5.74) is 4.95. The predicted molar refractivity (Wildman–Crippen MR) is 102 cm³/mol. The Bertz CT molecular complexity index is 1050. The summed E-state index contributed by atoms with van der Waals surface area (Å²) in [6.07, 6.45) is -0.930. The molecule has 3 aromatic rings. The Balaban J connectivity index is 0.000000269. The van der Waals surface area contributed by atoms with E-state index in [1.807, 2.05) is 13.2 Å². The minimum Gasteiger partial charge on any atom is -0.545 e. The van der Waals surface area contributed by atoms with Gasteiger partial charge >= 0.3 is 6.18 Å². The molecule has 3 rings (SSSR count). The summed E-state index contributed by atoms with van der Waals surface area (Å²) in [6, 6.07) is 13.8. The van der Waals surface area contributed by atoms with Crippen LogP contribution in [0.4, 0.5) is 24.5 Å². The number of anilines is 2. The first-order valence-electron chi connectivity index (χ1n) is 8.57. The molecule has 1 aromatic heterocycles. The van der Waals surface area contributed by atoms with Crippen LogP contribution in [0.25, 0.3) is 0 Å². The van der Waals surface area contributed by atoms with Crippen molar-refractivity contribution in [2.45, 2.75) is 6.18 Å². The number of carbonyl (C=O) groups is 2. The third kappa shape index (κ3) is 6.33. The molecule has 0 aliphatic carbocycles. The van der Waals surface area contributed by atoms with Gasteiger partial charge in [-0.3, -0.25) is 4.79 Å². The number of pyridine rings is 1. The number of nitrogens with two attached hydrogens (primary N) is 1. The number of aromatic carboxylic acids is 1. The van der Waals surface area contributed by atoms with Crippen molar-refractivity contribution in [3.05, 3.63) is 89.7 Å². The molecule has 0 radical (unpaired) electrons. The molecule has 0 unspecified atom stereocenters. The van der Waals surface area contributed by atoms with Gasteiger partial charge in [0, 0.05) is 23.0 Å². The van der Waals surface area contributed by atoms with Crippen LogP contribution in [0.2, 0.25) is 0 Å². The number of alkyl halides is 3. The van der Waals surface area contributed by atoms with Crippen molar-refractivity contribution >= 4 is 23.3 Å². The number of primary amides is 1. The summed E-state index contributed by atoms with van der Waals surface area (Å²) in [7, 11) is 1.84. The van der Waals surface area contributed by atoms with Crippen molar-refractivity contribution < 1.29 is 32.4 Å². The van der Waals surface area contributed by atoms with Gasteiger partial charge in [0.15, 0.2) is 12.4 Å². The zero-order chi connectivity index (χ0) is 22.3. The van der Waals surface area contributed by atoms with Crippen LogP contribution >= 0.6 is 0 Å². The maximum absolute atomic E-state index is 12.6. The lowest BCUT2D eigenvalue weighted by molar-refractivity contribution is -0.671. The van der Waals surface area contributed by atoms with E-state index in [9.17, 15) is 27.9 Å². The molecule has 9 heteroatoms. The number of para-hydroxylation sites is 1. The zero-order valence-electron chi connectivity index (χ0n) is 15.8. The molecular formula is C21H18F3N3O3. The number of hydrogen-bond acceptors (Lipinski definition) is 4. The average Bonchev–Trinajstić information content (AvgIpc) is 2.68. The van der Waals surface area contributed by atoms with Gasteiger partial charge in [-0.25, -0.2) is 4.57 Å². The highest BCUT2D eigenvalue weighted by Gasteiger charge is 2.30. The van der Waals surface area contributed by atoms with Crippen molar-refractivity contribution in [3.8, 4) is 0 Å². The molecule has 6 nitrogen and oxygen atoms in total. The van der Waals surface area contributed by atoms with E-state index in [0.717, 1.165) is 12.1 Å². The van der Waals surface area contributed by atoms with Gasteiger partial charge in [0.1, 0.15) is 12.6 Å². The highest BCUT2D eigenvalue weighted by molar-refractivity contribution is 5.93. The van der Waals surface area contributed by atoms with E-state index in [-0.39, 0.29) is 16.9 Å². The van der Waals surface area contributed by atoms with E-state index >= 15 is 0 Å². The van der Waals surface area contributed by atoms with Crippen molar-refractivity contribution in [2.24, 2.45) is 12.8 Å². The molecule has 3 N–H and O–H groups in total. The number of rotatable bonds is 4. The van der Waals surface area contributed by atoms with Crippen LogP contribution in [0.1, 0.15) is 26.3 Å². The molecule has 1 heterocycles. The molecule has 156 valence electrons. The quantitative estimate of drug-likeness (QED) is 0.637. The molecule has 30 heavy (non-hydrogen) atoms. The molecule has 0 saturated heterocycles. The molecule has 0 bridgehead atoms. The number of carboxylic acids is 1. The van der Waals surface area contributed by atoms with E-state index in [2.05, 4.69) is 5.32 Å². The van der Waals surface area contributed by atoms with Crippen LogP contribution < -0.4 is 20.7 Å². The standard InChI is InChI=1S/C14H10F3NO2.C7H8N2O/c15-14(16,17)9-4-3-5-10(8-9)18-12-7-2-1-6-11(12)13(19)20;1-9-4-2-3-6(5-9)7(8)10/h1-8,18H,(H,19,20);2-5H,1H3,(H-,8,10). The fourth-order valence-corrected chi connectivity index (χ4v) is 2.43. The van der Waals surface area contributed by atoms with Crippen molar-refractivity contribution in [1.82, 2.24) is 0 Å². The third-order valence-electron chi connectivity index (χ3n) is 3.84. The van der Waals surface area contributed by atoms with Crippen molar-refractivity contribution in [2.75, 3.05) is 5.32 Å². The minimum atomic E-state index is -4.45. The van der Waals surface area contributed by atoms with Crippen LogP contribution in [-0.2, 0) is 13.2 Å².